The monoisotopic (exact) mass is 274 g/mol. The van der Waals surface area contributed by atoms with Gasteiger partial charge in [-0.3, -0.25) is 9.36 Å². The minimum Gasteiger partial charge on any atom is -0.332 e. The fourth-order valence-corrected chi connectivity index (χ4v) is 2.99. The molecule has 0 aliphatic heterocycles. The molecular weight excluding hydrogens is 256 g/mol. The van der Waals surface area contributed by atoms with Gasteiger partial charge in [0.15, 0.2) is 4.77 Å². The molecule has 1 heterocycles. The highest BCUT2D eigenvalue weighted by atomic mass is 32.1. The molecule has 2 aromatic rings. The van der Waals surface area contributed by atoms with Crippen LogP contribution in [0.3, 0.4) is 0 Å². The number of nitrogens with zero attached hydrogens (tertiary/aromatic N) is 1. The van der Waals surface area contributed by atoms with E-state index in [4.69, 9.17) is 12.2 Å². The SMILES string of the molecule is CC(C)C1(Cn2c(=S)[nH]c3ccccc3c2=O)CC1. The molecule has 1 aliphatic rings. The van der Waals surface area contributed by atoms with E-state index >= 15 is 0 Å². The van der Waals surface area contributed by atoms with Crippen LogP contribution in [0.1, 0.15) is 26.7 Å². The Kier molecular flexibility index (Phi) is 2.86. The molecule has 100 valence electrons. The number of hydrogen-bond acceptors (Lipinski definition) is 2. The Morgan fingerprint density at radius 3 is 2.68 bits per heavy atom. The highest BCUT2D eigenvalue weighted by molar-refractivity contribution is 7.71. The van der Waals surface area contributed by atoms with E-state index in [0.29, 0.717) is 10.7 Å². The molecule has 1 aromatic carbocycles. The van der Waals surface area contributed by atoms with E-state index in [-0.39, 0.29) is 11.0 Å². The van der Waals surface area contributed by atoms with Crippen LogP contribution < -0.4 is 5.56 Å². The molecule has 0 atom stereocenters. The summed E-state index contributed by atoms with van der Waals surface area (Å²) >= 11 is 5.36. The molecule has 1 N–H and O–H groups in total. The van der Waals surface area contributed by atoms with Crippen LogP contribution in [0.2, 0.25) is 0 Å². The zero-order chi connectivity index (χ0) is 13.6. The van der Waals surface area contributed by atoms with Gasteiger partial charge in [-0.05, 0) is 48.5 Å². The summed E-state index contributed by atoms with van der Waals surface area (Å²) in [5.74, 6) is 0.584. The molecule has 1 aliphatic carbocycles. The highest BCUT2D eigenvalue weighted by Crippen LogP contribution is 2.52. The first-order valence-corrected chi connectivity index (χ1v) is 7.16. The van der Waals surface area contributed by atoms with Gasteiger partial charge >= 0.3 is 0 Å². The summed E-state index contributed by atoms with van der Waals surface area (Å²) in [5.41, 5.74) is 1.13. The first-order chi connectivity index (χ1) is 9.03. The highest BCUT2D eigenvalue weighted by Gasteiger charge is 2.45. The minimum atomic E-state index is 0.0336. The zero-order valence-corrected chi connectivity index (χ0v) is 12.1. The maximum Gasteiger partial charge on any atom is 0.262 e. The number of aromatic nitrogens is 2. The number of fused-ring (bicyclic) bond motifs is 1. The lowest BCUT2D eigenvalue weighted by Crippen LogP contribution is -2.28. The predicted octanol–water partition coefficient (Wildman–Crippen LogP) is 3.50. The summed E-state index contributed by atoms with van der Waals surface area (Å²) in [6.45, 7) is 5.20. The maximum atomic E-state index is 12.6. The Morgan fingerprint density at radius 2 is 2.05 bits per heavy atom. The second kappa shape index (κ2) is 4.30. The first-order valence-electron chi connectivity index (χ1n) is 6.75. The fraction of sp³-hybridized carbons (Fsp3) is 0.467. The minimum absolute atomic E-state index is 0.0336. The Hall–Kier alpha value is -1.42. The van der Waals surface area contributed by atoms with Crippen molar-refractivity contribution >= 4 is 23.1 Å². The molecule has 0 unspecified atom stereocenters. The zero-order valence-electron chi connectivity index (χ0n) is 11.3. The van der Waals surface area contributed by atoms with Crippen molar-refractivity contribution < 1.29 is 0 Å². The maximum absolute atomic E-state index is 12.6. The average molecular weight is 274 g/mol. The lowest BCUT2D eigenvalue weighted by Gasteiger charge is -2.21. The quantitative estimate of drug-likeness (QED) is 0.870. The van der Waals surface area contributed by atoms with Gasteiger partial charge in [0.1, 0.15) is 0 Å². The molecule has 0 bridgehead atoms. The van der Waals surface area contributed by atoms with Crippen molar-refractivity contribution in [2.45, 2.75) is 33.2 Å². The Balaban J connectivity index is 2.15. The van der Waals surface area contributed by atoms with Crippen LogP contribution in [0.4, 0.5) is 0 Å². The summed E-state index contributed by atoms with van der Waals surface area (Å²) < 4.78 is 2.28. The molecule has 3 rings (SSSR count). The predicted molar refractivity (Wildman–Crippen MR) is 79.9 cm³/mol. The van der Waals surface area contributed by atoms with Gasteiger partial charge in [-0.2, -0.15) is 0 Å². The standard InChI is InChI=1S/C15H18N2OS/c1-10(2)15(7-8-15)9-17-13(18)11-5-3-4-6-12(11)16-14(17)19/h3-6,10H,7-9H2,1-2H3,(H,16,19). The van der Waals surface area contributed by atoms with E-state index in [1.807, 2.05) is 24.3 Å². The number of H-pyrrole nitrogens is 1. The number of aromatic amines is 1. The molecule has 0 amide bonds. The summed E-state index contributed by atoms with van der Waals surface area (Å²) in [7, 11) is 0. The van der Waals surface area contributed by atoms with Gasteiger partial charge in [0.05, 0.1) is 10.9 Å². The molecule has 0 spiro atoms. The Bertz CT molecular complexity index is 738. The van der Waals surface area contributed by atoms with Gasteiger partial charge in [-0.15, -0.1) is 0 Å². The summed E-state index contributed by atoms with van der Waals surface area (Å²) in [5, 5.41) is 0.718. The van der Waals surface area contributed by atoms with Crippen LogP contribution in [0.15, 0.2) is 29.1 Å². The van der Waals surface area contributed by atoms with E-state index in [0.717, 1.165) is 17.4 Å². The molecule has 0 radical (unpaired) electrons. The van der Waals surface area contributed by atoms with Crippen LogP contribution in [-0.4, -0.2) is 9.55 Å². The number of nitrogens with one attached hydrogen (secondary N) is 1. The third-order valence-electron chi connectivity index (χ3n) is 4.48. The number of hydrogen-bond donors (Lipinski definition) is 1. The molecular formula is C15H18N2OS. The molecule has 3 nitrogen and oxygen atoms in total. The van der Waals surface area contributed by atoms with Crippen molar-refractivity contribution in [3.8, 4) is 0 Å². The third-order valence-corrected chi connectivity index (χ3v) is 4.80. The van der Waals surface area contributed by atoms with Gasteiger partial charge in [0.2, 0.25) is 0 Å². The molecule has 19 heavy (non-hydrogen) atoms. The first kappa shape index (κ1) is 12.6. The summed E-state index contributed by atoms with van der Waals surface area (Å²) in [6, 6.07) is 7.55. The van der Waals surface area contributed by atoms with Gasteiger partial charge in [-0.1, -0.05) is 26.0 Å². The molecule has 4 heteroatoms. The number of rotatable bonds is 3. The number of para-hydroxylation sites is 1. The lowest BCUT2D eigenvalue weighted by atomic mass is 9.92. The molecule has 0 saturated heterocycles. The van der Waals surface area contributed by atoms with Gasteiger partial charge in [0, 0.05) is 6.54 Å². The molecule has 1 fully saturated rings. The Morgan fingerprint density at radius 1 is 1.37 bits per heavy atom. The average Bonchev–Trinajstić information content (AvgIpc) is 3.16. The van der Waals surface area contributed by atoms with Crippen molar-refractivity contribution in [3.63, 3.8) is 0 Å². The normalized spacial score (nSPS) is 17.0. The van der Waals surface area contributed by atoms with Gasteiger partial charge < -0.3 is 4.98 Å². The van der Waals surface area contributed by atoms with Gasteiger partial charge in [-0.25, -0.2) is 0 Å². The topological polar surface area (TPSA) is 37.8 Å². The summed E-state index contributed by atoms with van der Waals surface area (Å²) in [4.78, 5) is 15.7. The van der Waals surface area contributed by atoms with Crippen LogP contribution in [-0.2, 0) is 6.54 Å². The van der Waals surface area contributed by atoms with Crippen molar-refractivity contribution in [2.75, 3.05) is 0 Å². The lowest BCUT2D eigenvalue weighted by molar-refractivity contribution is 0.303. The van der Waals surface area contributed by atoms with Crippen molar-refractivity contribution in [1.82, 2.24) is 9.55 Å². The van der Waals surface area contributed by atoms with Crippen molar-refractivity contribution in [2.24, 2.45) is 11.3 Å². The van der Waals surface area contributed by atoms with Crippen LogP contribution >= 0.6 is 12.2 Å². The summed E-state index contributed by atoms with van der Waals surface area (Å²) in [6.07, 6.45) is 2.39. The number of benzene rings is 1. The largest absolute Gasteiger partial charge is 0.332 e. The van der Waals surface area contributed by atoms with E-state index in [9.17, 15) is 4.79 Å². The van der Waals surface area contributed by atoms with Crippen LogP contribution in [0.25, 0.3) is 10.9 Å². The molecule has 1 saturated carbocycles. The van der Waals surface area contributed by atoms with Crippen LogP contribution in [0.5, 0.6) is 0 Å². The van der Waals surface area contributed by atoms with Crippen molar-refractivity contribution in [1.29, 1.82) is 0 Å². The second-order valence-corrected chi connectivity index (χ2v) is 6.27. The fourth-order valence-electron chi connectivity index (χ4n) is 2.74. The van der Waals surface area contributed by atoms with Crippen LogP contribution in [0, 0.1) is 16.1 Å². The third kappa shape index (κ3) is 2.04. The molecule has 1 aromatic heterocycles. The van der Waals surface area contributed by atoms with E-state index in [2.05, 4.69) is 18.8 Å². The van der Waals surface area contributed by atoms with Crippen molar-refractivity contribution in [3.05, 3.63) is 39.4 Å². The Labute approximate surface area is 117 Å². The van der Waals surface area contributed by atoms with E-state index in [1.54, 1.807) is 4.57 Å². The smallest absolute Gasteiger partial charge is 0.262 e. The van der Waals surface area contributed by atoms with Gasteiger partial charge in [0.25, 0.3) is 5.56 Å². The van der Waals surface area contributed by atoms with E-state index in [1.165, 1.54) is 12.8 Å². The second-order valence-electron chi connectivity index (χ2n) is 5.88. The van der Waals surface area contributed by atoms with E-state index < -0.39 is 0 Å².